The average molecular weight is 198 g/mol. The van der Waals surface area contributed by atoms with Gasteiger partial charge in [0.05, 0.1) is 0 Å². The van der Waals surface area contributed by atoms with Crippen LogP contribution in [0.5, 0.6) is 0 Å². The summed E-state index contributed by atoms with van der Waals surface area (Å²) >= 11 is 0. The van der Waals surface area contributed by atoms with Gasteiger partial charge in [-0.05, 0) is 6.42 Å². The molecule has 79 valence electrons. The second-order valence-corrected chi connectivity index (χ2v) is 3.29. The molecule has 1 saturated heterocycles. The van der Waals surface area contributed by atoms with Crippen LogP contribution in [0.15, 0.2) is 0 Å². The first kappa shape index (κ1) is 10.8. The van der Waals surface area contributed by atoms with Crippen LogP contribution in [0.25, 0.3) is 0 Å². The largest absolute Gasteiger partial charge is 0.351 e. The number of carbonyl (C=O) groups is 2. The van der Waals surface area contributed by atoms with Crippen molar-refractivity contribution in [1.29, 1.82) is 0 Å². The number of rotatable bonds is 1. The number of nitrogens with two attached hydrogens (primary N) is 1. The summed E-state index contributed by atoms with van der Waals surface area (Å²) in [5.74, 6) is 0.0244. The van der Waals surface area contributed by atoms with Crippen molar-refractivity contribution in [3.63, 3.8) is 0 Å². The molecule has 0 aromatic heterocycles. The zero-order valence-corrected chi connectivity index (χ0v) is 8.40. The van der Waals surface area contributed by atoms with E-state index in [1.807, 2.05) is 0 Å². The van der Waals surface area contributed by atoms with Gasteiger partial charge in [-0.15, -0.1) is 0 Å². The summed E-state index contributed by atoms with van der Waals surface area (Å²) in [5.41, 5.74) is 5.17. The normalized spacial score (nSPS) is 17.8. The highest BCUT2D eigenvalue weighted by Gasteiger charge is 2.19. The SMILES string of the molecule is C[CH]C(=O)N1CCCN(C(N)=O)CC1. The number of primary amides is 1. The van der Waals surface area contributed by atoms with Crippen molar-refractivity contribution >= 4 is 11.9 Å². The smallest absolute Gasteiger partial charge is 0.314 e. The molecular formula is C9H16N3O2. The molecule has 1 fully saturated rings. The highest BCUT2D eigenvalue weighted by molar-refractivity contribution is 5.84. The predicted molar refractivity (Wildman–Crippen MR) is 52.3 cm³/mol. The van der Waals surface area contributed by atoms with Crippen LogP contribution >= 0.6 is 0 Å². The summed E-state index contributed by atoms with van der Waals surface area (Å²) < 4.78 is 0. The van der Waals surface area contributed by atoms with Crippen molar-refractivity contribution in [2.75, 3.05) is 26.2 Å². The summed E-state index contributed by atoms with van der Waals surface area (Å²) in [4.78, 5) is 25.5. The molecule has 1 rings (SSSR count). The summed E-state index contributed by atoms with van der Waals surface area (Å²) in [6, 6.07) is -0.403. The zero-order chi connectivity index (χ0) is 10.6. The van der Waals surface area contributed by atoms with Gasteiger partial charge in [0.2, 0.25) is 5.91 Å². The number of amides is 3. The van der Waals surface area contributed by atoms with Crippen LogP contribution in [-0.4, -0.2) is 47.9 Å². The van der Waals surface area contributed by atoms with E-state index in [1.54, 1.807) is 23.1 Å². The highest BCUT2D eigenvalue weighted by Crippen LogP contribution is 2.03. The van der Waals surface area contributed by atoms with Gasteiger partial charge in [-0.1, -0.05) is 6.92 Å². The fourth-order valence-corrected chi connectivity index (χ4v) is 1.54. The number of hydrogen-bond acceptors (Lipinski definition) is 2. The lowest BCUT2D eigenvalue weighted by molar-refractivity contribution is -0.127. The minimum absolute atomic E-state index is 0.0244. The van der Waals surface area contributed by atoms with Gasteiger partial charge in [0, 0.05) is 32.6 Å². The summed E-state index contributed by atoms with van der Waals surface area (Å²) in [7, 11) is 0. The Morgan fingerprint density at radius 3 is 2.29 bits per heavy atom. The van der Waals surface area contributed by atoms with Gasteiger partial charge in [0.25, 0.3) is 0 Å². The first-order chi connectivity index (χ1) is 6.65. The minimum Gasteiger partial charge on any atom is -0.351 e. The molecule has 0 bridgehead atoms. The monoisotopic (exact) mass is 198 g/mol. The van der Waals surface area contributed by atoms with E-state index in [-0.39, 0.29) is 5.91 Å². The molecule has 5 heteroatoms. The molecule has 2 N–H and O–H groups in total. The van der Waals surface area contributed by atoms with Crippen molar-refractivity contribution in [2.24, 2.45) is 5.73 Å². The molecule has 0 aromatic rings. The van der Waals surface area contributed by atoms with Crippen LogP contribution in [0.3, 0.4) is 0 Å². The summed E-state index contributed by atoms with van der Waals surface area (Å²) in [6.07, 6.45) is 2.34. The number of nitrogens with zero attached hydrogens (tertiary/aromatic N) is 2. The van der Waals surface area contributed by atoms with Gasteiger partial charge in [0.15, 0.2) is 0 Å². The lowest BCUT2D eigenvalue weighted by atomic mass is 10.3. The molecule has 0 saturated carbocycles. The van der Waals surface area contributed by atoms with Crippen molar-refractivity contribution in [1.82, 2.24) is 9.80 Å². The molecule has 14 heavy (non-hydrogen) atoms. The van der Waals surface area contributed by atoms with E-state index in [1.165, 1.54) is 0 Å². The molecular weight excluding hydrogens is 182 g/mol. The first-order valence-electron chi connectivity index (χ1n) is 4.78. The molecule has 5 nitrogen and oxygen atoms in total. The first-order valence-corrected chi connectivity index (χ1v) is 4.78. The van der Waals surface area contributed by atoms with Crippen LogP contribution in [0.4, 0.5) is 4.79 Å². The van der Waals surface area contributed by atoms with Gasteiger partial charge in [0.1, 0.15) is 0 Å². The highest BCUT2D eigenvalue weighted by atomic mass is 16.2. The molecule has 0 aromatic carbocycles. The van der Waals surface area contributed by atoms with Gasteiger partial charge < -0.3 is 15.5 Å². The Morgan fingerprint density at radius 1 is 1.14 bits per heavy atom. The topological polar surface area (TPSA) is 66.6 Å². The Hall–Kier alpha value is -1.26. The van der Waals surface area contributed by atoms with E-state index in [4.69, 9.17) is 5.73 Å². The Balaban J connectivity index is 2.48. The maximum absolute atomic E-state index is 11.3. The van der Waals surface area contributed by atoms with Gasteiger partial charge >= 0.3 is 6.03 Å². The summed E-state index contributed by atoms with van der Waals surface area (Å²) in [5, 5.41) is 0. The van der Waals surface area contributed by atoms with Crippen molar-refractivity contribution in [3.8, 4) is 0 Å². The molecule has 1 aliphatic rings. The van der Waals surface area contributed by atoms with Crippen LogP contribution in [-0.2, 0) is 4.79 Å². The lowest BCUT2D eigenvalue weighted by Gasteiger charge is -2.20. The number of urea groups is 1. The van der Waals surface area contributed by atoms with Gasteiger partial charge in [-0.3, -0.25) is 4.79 Å². The Labute approximate surface area is 83.8 Å². The minimum atomic E-state index is -0.403. The average Bonchev–Trinajstić information content (AvgIpc) is 2.41. The maximum atomic E-state index is 11.3. The van der Waals surface area contributed by atoms with E-state index in [0.29, 0.717) is 26.2 Å². The molecule has 1 radical (unpaired) electrons. The van der Waals surface area contributed by atoms with E-state index < -0.39 is 6.03 Å². The third-order valence-electron chi connectivity index (χ3n) is 2.37. The van der Waals surface area contributed by atoms with E-state index in [9.17, 15) is 9.59 Å². The number of carbonyl (C=O) groups excluding carboxylic acids is 2. The van der Waals surface area contributed by atoms with Crippen LogP contribution in [0.1, 0.15) is 13.3 Å². The zero-order valence-electron chi connectivity index (χ0n) is 8.40. The molecule has 3 amide bonds. The lowest BCUT2D eigenvalue weighted by Crippen LogP contribution is -2.39. The fraction of sp³-hybridized carbons (Fsp3) is 0.667. The van der Waals surface area contributed by atoms with Gasteiger partial charge in [-0.2, -0.15) is 0 Å². The molecule has 0 aliphatic carbocycles. The van der Waals surface area contributed by atoms with Crippen molar-refractivity contribution in [2.45, 2.75) is 13.3 Å². The fourth-order valence-electron chi connectivity index (χ4n) is 1.54. The summed E-state index contributed by atoms with van der Waals surface area (Å²) in [6.45, 7) is 4.18. The predicted octanol–water partition coefficient (Wildman–Crippen LogP) is -0.176. The molecule has 1 aliphatic heterocycles. The van der Waals surface area contributed by atoms with Crippen molar-refractivity contribution in [3.05, 3.63) is 6.42 Å². The third-order valence-corrected chi connectivity index (χ3v) is 2.37. The van der Waals surface area contributed by atoms with Crippen molar-refractivity contribution < 1.29 is 9.59 Å². The van der Waals surface area contributed by atoms with Crippen LogP contribution in [0, 0.1) is 6.42 Å². The Morgan fingerprint density at radius 2 is 1.71 bits per heavy atom. The molecule has 0 atom stereocenters. The third kappa shape index (κ3) is 2.61. The second kappa shape index (κ2) is 4.83. The molecule has 0 spiro atoms. The standard InChI is InChI=1S/C9H16N3O2/c1-2-8(13)11-4-3-5-12(7-6-11)9(10)14/h2H,3-7H2,1H3,(H2,10,14). The number of hydrogen-bond donors (Lipinski definition) is 1. The van der Waals surface area contributed by atoms with E-state index >= 15 is 0 Å². The molecule has 0 unspecified atom stereocenters. The van der Waals surface area contributed by atoms with E-state index in [2.05, 4.69) is 0 Å². The Kier molecular flexibility index (Phi) is 3.73. The quantitative estimate of drug-likeness (QED) is 0.635. The van der Waals surface area contributed by atoms with E-state index in [0.717, 1.165) is 6.42 Å². The molecule has 1 heterocycles. The second-order valence-electron chi connectivity index (χ2n) is 3.29. The van der Waals surface area contributed by atoms with Crippen LogP contribution in [0.2, 0.25) is 0 Å². The van der Waals surface area contributed by atoms with Crippen LogP contribution < -0.4 is 5.73 Å². The Bertz CT molecular complexity index is 230. The maximum Gasteiger partial charge on any atom is 0.314 e. The van der Waals surface area contributed by atoms with Gasteiger partial charge in [-0.25, -0.2) is 4.79 Å².